The molecule has 2 aromatic heterocycles. The van der Waals surface area contributed by atoms with Gasteiger partial charge in [0.25, 0.3) is 0 Å². The van der Waals surface area contributed by atoms with E-state index in [1.165, 1.54) is 0 Å². The molecule has 2 N–H and O–H groups in total. The minimum atomic E-state index is -0.364. The van der Waals surface area contributed by atoms with Gasteiger partial charge < -0.3 is 28.9 Å². The minimum Gasteiger partial charge on any atom is -0.490 e. The zero-order valence-corrected chi connectivity index (χ0v) is 24.3. The van der Waals surface area contributed by atoms with Gasteiger partial charge in [0, 0.05) is 11.1 Å². The summed E-state index contributed by atoms with van der Waals surface area (Å²) in [6, 6.07) is 25.8. The lowest BCUT2D eigenvalue weighted by molar-refractivity contribution is 0.0517. The van der Waals surface area contributed by atoms with Gasteiger partial charge in [-0.25, -0.2) is 19.6 Å². The number of rotatable bonds is 11. The van der Waals surface area contributed by atoms with E-state index in [1.54, 1.807) is 38.1 Å². The Kier molecular flexibility index (Phi) is 8.22. The number of fused-ring (bicyclic) bond motifs is 2. The van der Waals surface area contributed by atoms with Crippen molar-refractivity contribution in [2.75, 3.05) is 26.4 Å². The predicted octanol–water partition coefficient (Wildman–Crippen LogP) is 6.58. The number of nitrogens with one attached hydrogen (secondary N) is 2. The van der Waals surface area contributed by atoms with Crippen LogP contribution in [0.15, 0.2) is 84.9 Å². The molecule has 4 aromatic carbocycles. The van der Waals surface area contributed by atoms with Crippen molar-refractivity contribution in [3.8, 4) is 34.3 Å². The number of carbonyl (C=O) groups is 2. The zero-order chi connectivity index (χ0) is 30.5. The van der Waals surface area contributed by atoms with Crippen LogP contribution >= 0.6 is 0 Å². The molecule has 0 fully saturated rings. The molecule has 0 spiro atoms. The van der Waals surface area contributed by atoms with Crippen LogP contribution in [-0.2, 0) is 9.47 Å². The van der Waals surface area contributed by atoms with Crippen LogP contribution in [0.2, 0.25) is 0 Å². The summed E-state index contributed by atoms with van der Waals surface area (Å²) in [6.07, 6.45) is 0. The molecule has 2 heterocycles. The quantitative estimate of drug-likeness (QED) is 0.128. The third-order valence-electron chi connectivity index (χ3n) is 6.86. The highest BCUT2D eigenvalue weighted by atomic mass is 16.5. The largest absolute Gasteiger partial charge is 0.490 e. The summed E-state index contributed by atoms with van der Waals surface area (Å²) in [7, 11) is 0. The molecule has 0 saturated heterocycles. The van der Waals surface area contributed by atoms with Gasteiger partial charge in [-0.05, 0) is 98.8 Å². The van der Waals surface area contributed by atoms with Crippen molar-refractivity contribution in [2.45, 2.75) is 13.8 Å². The lowest BCUT2D eigenvalue weighted by Gasteiger charge is -2.09. The fourth-order valence-electron chi connectivity index (χ4n) is 4.70. The average Bonchev–Trinajstić information content (AvgIpc) is 3.68. The van der Waals surface area contributed by atoms with Crippen molar-refractivity contribution < 1.29 is 28.5 Å². The van der Waals surface area contributed by atoms with E-state index in [-0.39, 0.29) is 11.9 Å². The van der Waals surface area contributed by atoms with Crippen molar-refractivity contribution in [1.29, 1.82) is 0 Å². The monoisotopic (exact) mass is 590 g/mol. The zero-order valence-electron chi connectivity index (χ0n) is 24.3. The number of carbonyl (C=O) groups excluding carboxylic acids is 2. The maximum atomic E-state index is 12.0. The van der Waals surface area contributed by atoms with Crippen LogP contribution in [0.1, 0.15) is 34.6 Å². The molecule has 0 aliphatic heterocycles. The van der Waals surface area contributed by atoms with Crippen LogP contribution < -0.4 is 9.47 Å². The van der Waals surface area contributed by atoms with Crippen LogP contribution in [-0.4, -0.2) is 58.3 Å². The minimum absolute atomic E-state index is 0.323. The number of imidazole rings is 2. The molecule has 10 heteroatoms. The molecule has 0 amide bonds. The maximum absolute atomic E-state index is 12.0. The summed E-state index contributed by atoms with van der Waals surface area (Å²) in [4.78, 5) is 39.9. The van der Waals surface area contributed by atoms with Crippen molar-refractivity contribution in [2.24, 2.45) is 0 Å². The van der Waals surface area contributed by atoms with E-state index in [9.17, 15) is 9.59 Å². The van der Waals surface area contributed by atoms with Gasteiger partial charge in [-0.2, -0.15) is 0 Å². The average molecular weight is 591 g/mol. The summed E-state index contributed by atoms with van der Waals surface area (Å²) >= 11 is 0. The van der Waals surface area contributed by atoms with E-state index in [2.05, 4.69) is 19.9 Å². The lowest BCUT2D eigenvalue weighted by atomic mass is 10.2. The molecule has 6 aromatic rings. The molecule has 0 aliphatic rings. The van der Waals surface area contributed by atoms with Crippen LogP contribution in [0.3, 0.4) is 0 Å². The topological polar surface area (TPSA) is 128 Å². The number of nitrogens with zero attached hydrogens (tertiary/aromatic N) is 2. The van der Waals surface area contributed by atoms with E-state index in [4.69, 9.17) is 18.9 Å². The van der Waals surface area contributed by atoms with Crippen LogP contribution in [0.4, 0.5) is 0 Å². The molecule has 0 saturated carbocycles. The number of aromatic nitrogens is 4. The van der Waals surface area contributed by atoms with Gasteiger partial charge >= 0.3 is 11.9 Å². The third-order valence-corrected chi connectivity index (χ3v) is 6.86. The fraction of sp³-hybridized carbons (Fsp3) is 0.176. The summed E-state index contributed by atoms with van der Waals surface area (Å²) in [5.74, 6) is 2.09. The number of hydrogen-bond donors (Lipinski definition) is 2. The van der Waals surface area contributed by atoms with Gasteiger partial charge in [0.2, 0.25) is 0 Å². The van der Waals surface area contributed by atoms with Gasteiger partial charge in [-0.3, -0.25) is 0 Å². The molecule has 44 heavy (non-hydrogen) atoms. The van der Waals surface area contributed by atoms with E-state index in [0.29, 0.717) is 71.7 Å². The lowest BCUT2D eigenvalue weighted by Crippen LogP contribution is -2.08. The third kappa shape index (κ3) is 6.24. The number of H-pyrrole nitrogens is 2. The number of hydrogen-bond acceptors (Lipinski definition) is 8. The van der Waals surface area contributed by atoms with Gasteiger partial charge in [0.15, 0.2) is 0 Å². The molecule has 0 atom stereocenters. The predicted molar refractivity (Wildman–Crippen MR) is 166 cm³/mol. The van der Waals surface area contributed by atoms with Gasteiger partial charge in [-0.1, -0.05) is 0 Å². The maximum Gasteiger partial charge on any atom is 0.338 e. The molecule has 0 radical (unpaired) electrons. The van der Waals surface area contributed by atoms with E-state index < -0.39 is 0 Å². The molecule has 10 nitrogen and oxygen atoms in total. The highest BCUT2D eigenvalue weighted by Crippen LogP contribution is 2.25. The van der Waals surface area contributed by atoms with Crippen LogP contribution in [0.5, 0.6) is 11.5 Å². The van der Waals surface area contributed by atoms with E-state index >= 15 is 0 Å². The molecular formula is C34H30N4O6. The second kappa shape index (κ2) is 12.7. The Hall–Kier alpha value is -5.64. The van der Waals surface area contributed by atoms with Crippen molar-refractivity contribution in [3.63, 3.8) is 0 Å². The molecule has 0 aliphatic carbocycles. The fourth-order valence-corrected chi connectivity index (χ4v) is 4.70. The Morgan fingerprint density at radius 3 is 1.39 bits per heavy atom. The van der Waals surface area contributed by atoms with Crippen LogP contribution in [0, 0.1) is 0 Å². The summed E-state index contributed by atoms with van der Waals surface area (Å²) in [5.41, 5.74) is 5.78. The van der Waals surface area contributed by atoms with Gasteiger partial charge in [-0.15, -0.1) is 0 Å². The molecule has 222 valence electrons. The SMILES string of the molecule is CCOC(=O)c1ccc2[nH]c(-c3ccc(OCCOc4ccc(-c5nc6cc(C(=O)OCC)ccc6[nH]5)cc4)cc3)nc2c1. The van der Waals surface area contributed by atoms with Crippen LogP contribution in [0.25, 0.3) is 44.8 Å². The summed E-state index contributed by atoms with van der Waals surface area (Å²) in [5, 5.41) is 0. The van der Waals surface area contributed by atoms with Crippen molar-refractivity contribution >= 4 is 34.0 Å². The molecule has 0 bridgehead atoms. The number of esters is 2. The molecule has 6 rings (SSSR count). The standard InChI is InChI=1S/C34H30N4O6/c1-3-41-33(39)23-9-15-27-29(19-23)37-31(35-27)21-5-11-25(12-6-21)43-17-18-44-26-13-7-22(8-14-26)32-36-28-16-10-24(20-30(28)38-32)34(40)42-4-2/h5-16,19-20H,3-4,17-18H2,1-2H3,(H,35,37)(H,36,38). The van der Waals surface area contributed by atoms with E-state index in [1.807, 2.05) is 60.7 Å². The first-order valence-corrected chi connectivity index (χ1v) is 14.3. The summed E-state index contributed by atoms with van der Waals surface area (Å²) in [6.45, 7) is 4.94. The first-order valence-electron chi connectivity index (χ1n) is 14.3. The molecular weight excluding hydrogens is 560 g/mol. The van der Waals surface area contributed by atoms with E-state index in [0.717, 1.165) is 22.2 Å². The number of ether oxygens (including phenoxy) is 4. The Balaban J connectivity index is 1.01. The normalized spacial score (nSPS) is 11.0. The Bertz CT molecular complexity index is 1780. The Labute approximate surface area is 253 Å². The van der Waals surface area contributed by atoms with Crippen molar-refractivity contribution in [3.05, 3.63) is 96.1 Å². The number of benzene rings is 4. The second-order valence-electron chi connectivity index (χ2n) is 9.82. The highest BCUT2D eigenvalue weighted by molar-refractivity contribution is 5.95. The summed E-state index contributed by atoms with van der Waals surface area (Å²) < 4.78 is 21.9. The smallest absolute Gasteiger partial charge is 0.338 e. The Morgan fingerprint density at radius 2 is 1.00 bits per heavy atom. The first-order chi connectivity index (χ1) is 21.5. The Morgan fingerprint density at radius 1 is 0.591 bits per heavy atom. The van der Waals surface area contributed by atoms with Gasteiger partial charge in [0.05, 0.1) is 46.4 Å². The van der Waals surface area contributed by atoms with Crippen molar-refractivity contribution in [1.82, 2.24) is 19.9 Å². The number of aromatic amines is 2. The van der Waals surface area contributed by atoms with Gasteiger partial charge in [0.1, 0.15) is 36.4 Å². The molecule has 0 unspecified atom stereocenters. The first kappa shape index (κ1) is 28.5. The second-order valence-corrected chi connectivity index (χ2v) is 9.82. The highest BCUT2D eigenvalue weighted by Gasteiger charge is 2.12.